The Morgan fingerprint density at radius 2 is 1.83 bits per heavy atom. The van der Waals surface area contributed by atoms with Crippen LogP contribution in [0.25, 0.3) is 0 Å². The summed E-state index contributed by atoms with van der Waals surface area (Å²) in [5.74, 6) is 5.15. The summed E-state index contributed by atoms with van der Waals surface area (Å²) in [4.78, 5) is 6.46. The van der Waals surface area contributed by atoms with Gasteiger partial charge in [-0.05, 0) is 61.3 Å². The molecule has 2 aliphatic rings. The molecule has 2 aromatic carbocycles. The maximum absolute atomic E-state index is 6.52. The van der Waals surface area contributed by atoms with Crippen LogP contribution < -0.4 is 9.64 Å². The van der Waals surface area contributed by atoms with Gasteiger partial charge in [-0.25, -0.2) is 4.98 Å². The van der Waals surface area contributed by atoms with E-state index < -0.39 is 0 Å². The average molecular weight is 488 g/mol. The van der Waals surface area contributed by atoms with Crippen molar-refractivity contribution in [3.63, 3.8) is 0 Å². The van der Waals surface area contributed by atoms with Crippen LogP contribution >= 0.6 is 0 Å². The van der Waals surface area contributed by atoms with Crippen LogP contribution in [0.1, 0.15) is 80.6 Å². The van der Waals surface area contributed by atoms with Crippen LogP contribution in [0.2, 0.25) is 0 Å². The van der Waals surface area contributed by atoms with E-state index in [4.69, 9.17) is 14.1 Å². The van der Waals surface area contributed by atoms with E-state index in [1.807, 2.05) is 6.20 Å². The number of piperidine rings is 1. The molecule has 1 aromatic heterocycles. The molecule has 4 atom stereocenters. The van der Waals surface area contributed by atoms with Crippen molar-refractivity contribution in [3.8, 4) is 5.75 Å². The fourth-order valence-corrected chi connectivity index (χ4v) is 6.60. The van der Waals surface area contributed by atoms with E-state index >= 15 is 0 Å². The quantitative estimate of drug-likeness (QED) is 0.390. The Morgan fingerprint density at radius 1 is 1.00 bits per heavy atom. The Kier molecular flexibility index (Phi) is 8.43. The molecule has 0 amide bonds. The lowest BCUT2D eigenvalue weighted by Gasteiger charge is -2.35. The third-order valence-electron chi connectivity index (χ3n) is 8.61. The molecule has 5 rings (SSSR count). The molecule has 2 heterocycles. The minimum absolute atomic E-state index is 0.275. The summed E-state index contributed by atoms with van der Waals surface area (Å²) in [5.41, 5.74) is 2.60. The highest BCUT2D eigenvalue weighted by Crippen LogP contribution is 2.40. The van der Waals surface area contributed by atoms with Crippen LogP contribution in [0.4, 0.5) is 0 Å². The fourth-order valence-electron chi connectivity index (χ4n) is 6.60. The SMILES string of the molecule is CCC1CC[NH+](Cc2cnc(C(c3ccccc3)C3CCCCC3)o2)CC1COc1cccc(C)c1. The molecule has 1 aliphatic heterocycles. The molecule has 2 fully saturated rings. The Hall–Kier alpha value is -2.59. The molecule has 36 heavy (non-hydrogen) atoms. The minimum Gasteiger partial charge on any atom is -0.493 e. The van der Waals surface area contributed by atoms with Crippen molar-refractivity contribution in [1.82, 2.24) is 4.98 Å². The molecule has 4 nitrogen and oxygen atoms in total. The number of hydrogen-bond acceptors (Lipinski definition) is 3. The zero-order valence-electron chi connectivity index (χ0n) is 22.1. The summed E-state index contributed by atoms with van der Waals surface area (Å²) in [6.07, 6.45) is 11.0. The van der Waals surface area contributed by atoms with E-state index in [-0.39, 0.29) is 5.92 Å². The predicted octanol–water partition coefficient (Wildman–Crippen LogP) is 6.21. The number of benzene rings is 2. The number of nitrogens with zero attached hydrogens (tertiary/aromatic N) is 1. The second-order valence-electron chi connectivity index (χ2n) is 11.2. The topological polar surface area (TPSA) is 39.7 Å². The largest absolute Gasteiger partial charge is 0.493 e. The minimum atomic E-state index is 0.275. The number of aromatic nitrogens is 1. The normalized spacial score (nSPS) is 23.9. The number of ether oxygens (including phenoxy) is 1. The number of likely N-dealkylation sites (tertiary alicyclic amines) is 1. The Morgan fingerprint density at radius 3 is 2.61 bits per heavy atom. The third kappa shape index (κ3) is 6.21. The number of hydrogen-bond donors (Lipinski definition) is 1. The number of quaternary nitrogens is 1. The lowest BCUT2D eigenvalue weighted by Crippen LogP contribution is -3.12. The highest BCUT2D eigenvalue weighted by Gasteiger charge is 2.33. The summed E-state index contributed by atoms with van der Waals surface area (Å²) in [6.45, 7) is 8.48. The van der Waals surface area contributed by atoms with E-state index in [1.54, 1.807) is 4.90 Å². The molecule has 1 saturated carbocycles. The average Bonchev–Trinajstić information content (AvgIpc) is 3.37. The lowest BCUT2D eigenvalue weighted by atomic mass is 9.77. The van der Waals surface area contributed by atoms with Crippen LogP contribution in [-0.4, -0.2) is 24.7 Å². The molecular weight excluding hydrogens is 444 g/mol. The molecule has 4 unspecified atom stereocenters. The molecule has 1 aliphatic carbocycles. The molecule has 0 spiro atoms. The highest BCUT2D eigenvalue weighted by molar-refractivity contribution is 5.27. The van der Waals surface area contributed by atoms with E-state index in [1.165, 1.54) is 62.6 Å². The van der Waals surface area contributed by atoms with Crippen LogP contribution in [-0.2, 0) is 6.54 Å². The summed E-state index contributed by atoms with van der Waals surface area (Å²) in [5, 5.41) is 0. The molecule has 1 saturated heterocycles. The van der Waals surface area contributed by atoms with Crippen LogP contribution in [0.15, 0.2) is 65.2 Å². The van der Waals surface area contributed by atoms with Crippen molar-refractivity contribution < 1.29 is 14.1 Å². The predicted molar refractivity (Wildman–Crippen MR) is 144 cm³/mol. The molecule has 0 radical (unpaired) electrons. The molecular formula is C32H43N2O2+. The van der Waals surface area contributed by atoms with Gasteiger partial charge in [0.2, 0.25) is 5.89 Å². The maximum Gasteiger partial charge on any atom is 0.202 e. The van der Waals surface area contributed by atoms with Gasteiger partial charge in [-0.15, -0.1) is 0 Å². The number of rotatable bonds is 9. The zero-order chi connectivity index (χ0) is 24.7. The summed E-state index contributed by atoms with van der Waals surface area (Å²) in [7, 11) is 0. The first-order valence-corrected chi connectivity index (χ1v) is 14.2. The zero-order valence-corrected chi connectivity index (χ0v) is 22.1. The van der Waals surface area contributed by atoms with E-state index in [9.17, 15) is 0 Å². The van der Waals surface area contributed by atoms with Gasteiger partial charge < -0.3 is 14.1 Å². The summed E-state index contributed by atoms with van der Waals surface area (Å²) < 4.78 is 12.8. The number of oxazole rings is 1. The first-order chi connectivity index (χ1) is 17.7. The molecule has 192 valence electrons. The maximum atomic E-state index is 6.52. The van der Waals surface area contributed by atoms with Crippen molar-refractivity contribution in [2.75, 3.05) is 19.7 Å². The van der Waals surface area contributed by atoms with E-state index in [2.05, 4.69) is 68.4 Å². The first-order valence-electron chi connectivity index (χ1n) is 14.2. The Labute approximate surface area is 217 Å². The van der Waals surface area contributed by atoms with E-state index in [0.29, 0.717) is 11.8 Å². The fraction of sp³-hybridized carbons (Fsp3) is 0.531. The molecule has 4 heteroatoms. The lowest BCUT2D eigenvalue weighted by molar-refractivity contribution is -0.924. The van der Waals surface area contributed by atoms with Gasteiger partial charge in [0.1, 0.15) is 12.3 Å². The summed E-state index contributed by atoms with van der Waals surface area (Å²) >= 11 is 0. The Balaban J connectivity index is 1.25. The van der Waals surface area contributed by atoms with Crippen molar-refractivity contribution in [3.05, 3.63) is 83.6 Å². The van der Waals surface area contributed by atoms with Gasteiger partial charge in [0.25, 0.3) is 0 Å². The van der Waals surface area contributed by atoms with Crippen molar-refractivity contribution in [2.45, 2.75) is 71.3 Å². The monoisotopic (exact) mass is 487 g/mol. The van der Waals surface area contributed by atoms with Crippen LogP contribution in [0, 0.1) is 24.7 Å². The Bertz CT molecular complexity index is 1070. The summed E-state index contributed by atoms with van der Waals surface area (Å²) in [6, 6.07) is 19.3. The highest BCUT2D eigenvalue weighted by atomic mass is 16.5. The van der Waals surface area contributed by atoms with Gasteiger partial charge in [-0.1, -0.05) is 75.1 Å². The molecule has 3 aromatic rings. The number of aryl methyl sites for hydroxylation is 1. The van der Waals surface area contributed by atoms with E-state index in [0.717, 1.165) is 43.0 Å². The van der Waals surface area contributed by atoms with Gasteiger partial charge in [-0.3, -0.25) is 0 Å². The standard InChI is InChI=1S/C32H42N2O2/c1-3-25-17-18-34(21-28(25)23-35-29-16-10-11-24(2)19-29)22-30-20-33-32(36-30)31(26-12-6-4-7-13-26)27-14-8-5-9-15-27/h4,6-7,10-13,16,19-20,25,27-28,31H,3,5,8-9,14-15,17-18,21-23H2,1-2H3/p+1. The van der Waals surface area contributed by atoms with Gasteiger partial charge in [0.15, 0.2) is 5.76 Å². The van der Waals surface area contributed by atoms with Gasteiger partial charge in [0, 0.05) is 5.92 Å². The second-order valence-corrected chi connectivity index (χ2v) is 11.2. The van der Waals surface area contributed by atoms with Crippen LogP contribution in [0.3, 0.4) is 0 Å². The van der Waals surface area contributed by atoms with Gasteiger partial charge in [-0.2, -0.15) is 0 Å². The molecule has 1 N–H and O–H groups in total. The van der Waals surface area contributed by atoms with Gasteiger partial charge in [0.05, 0.1) is 31.8 Å². The van der Waals surface area contributed by atoms with Crippen LogP contribution in [0.5, 0.6) is 5.75 Å². The van der Waals surface area contributed by atoms with Crippen molar-refractivity contribution in [2.24, 2.45) is 17.8 Å². The molecule has 0 bridgehead atoms. The smallest absolute Gasteiger partial charge is 0.202 e. The van der Waals surface area contributed by atoms with Gasteiger partial charge >= 0.3 is 0 Å². The van der Waals surface area contributed by atoms with Crippen molar-refractivity contribution in [1.29, 1.82) is 0 Å². The second kappa shape index (κ2) is 12.1. The number of nitrogens with one attached hydrogen (secondary N) is 1. The first kappa shape index (κ1) is 25.1. The van der Waals surface area contributed by atoms with Crippen molar-refractivity contribution >= 4 is 0 Å². The third-order valence-corrected chi connectivity index (χ3v) is 8.61.